The van der Waals surface area contributed by atoms with Crippen molar-refractivity contribution in [2.24, 2.45) is 0 Å². The van der Waals surface area contributed by atoms with E-state index >= 15 is 0 Å². The van der Waals surface area contributed by atoms with Crippen LogP contribution in [0.3, 0.4) is 0 Å². The number of nitrogens with one attached hydrogen (secondary N) is 1. The lowest BCUT2D eigenvalue weighted by molar-refractivity contribution is 0.507. The standard InChI is InChI=1S/C18H22N2/c1-13(14-8-10-20-11-9-14)18(19-2)17-7-6-15-4-3-5-16(15)12-17/h6-13,18-19H,3-5H2,1-2H3. The molecule has 0 bridgehead atoms. The molecule has 0 saturated heterocycles. The molecule has 0 radical (unpaired) electrons. The molecule has 1 heterocycles. The Morgan fingerprint density at radius 1 is 1.00 bits per heavy atom. The van der Waals surface area contributed by atoms with Gasteiger partial charge in [-0.3, -0.25) is 4.98 Å². The summed E-state index contributed by atoms with van der Waals surface area (Å²) in [6, 6.07) is 11.6. The van der Waals surface area contributed by atoms with Gasteiger partial charge in [-0.05, 0) is 60.7 Å². The van der Waals surface area contributed by atoms with Gasteiger partial charge in [0.2, 0.25) is 0 Å². The van der Waals surface area contributed by atoms with Gasteiger partial charge in [0.1, 0.15) is 0 Å². The molecule has 0 fully saturated rings. The van der Waals surface area contributed by atoms with Crippen LogP contribution >= 0.6 is 0 Å². The first-order valence-electron chi connectivity index (χ1n) is 7.48. The van der Waals surface area contributed by atoms with Crippen LogP contribution in [0, 0.1) is 0 Å². The van der Waals surface area contributed by atoms with E-state index in [2.05, 4.69) is 54.6 Å². The number of aromatic nitrogens is 1. The minimum Gasteiger partial charge on any atom is -0.312 e. The van der Waals surface area contributed by atoms with Crippen molar-refractivity contribution in [1.82, 2.24) is 10.3 Å². The largest absolute Gasteiger partial charge is 0.312 e. The third-order valence-electron chi connectivity index (χ3n) is 4.52. The molecule has 3 rings (SSSR count). The summed E-state index contributed by atoms with van der Waals surface area (Å²) < 4.78 is 0. The van der Waals surface area contributed by atoms with Gasteiger partial charge in [0.25, 0.3) is 0 Å². The predicted molar refractivity (Wildman–Crippen MR) is 82.9 cm³/mol. The van der Waals surface area contributed by atoms with Crippen molar-refractivity contribution >= 4 is 0 Å². The highest BCUT2D eigenvalue weighted by Gasteiger charge is 2.21. The van der Waals surface area contributed by atoms with Crippen LogP contribution in [0.2, 0.25) is 0 Å². The highest BCUT2D eigenvalue weighted by molar-refractivity contribution is 5.38. The van der Waals surface area contributed by atoms with Gasteiger partial charge in [0, 0.05) is 24.4 Å². The molecular formula is C18H22N2. The second-order valence-corrected chi connectivity index (χ2v) is 5.72. The van der Waals surface area contributed by atoms with E-state index in [0.29, 0.717) is 12.0 Å². The normalized spacial score (nSPS) is 16.7. The Kier molecular flexibility index (Phi) is 3.83. The Hall–Kier alpha value is -1.67. The molecule has 104 valence electrons. The van der Waals surface area contributed by atoms with Gasteiger partial charge in [-0.25, -0.2) is 0 Å². The van der Waals surface area contributed by atoms with Gasteiger partial charge in [-0.2, -0.15) is 0 Å². The lowest BCUT2D eigenvalue weighted by Gasteiger charge is -2.25. The predicted octanol–water partition coefficient (Wildman–Crippen LogP) is 3.63. The van der Waals surface area contributed by atoms with Crippen LogP contribution in [0.5, 0.6) is 0 Å². The molecule has 2 atom stereocenters. The van der Waals surface area contributed by atoms with Crippen molar-refractivity contribution in [1.29, 1.82) is 0 Å². The Balaban J connectivity index is 1.90. The summed E-state index contributed by atoms with van der Waals surface area (Å²) in [5.74, 6) is 0.433. The molecule has 0 aliphatic heterocycles. The highest BCUT2D eigenvalue weighted by Crippen LogP contribution is 2.32. The number of benzene rings is 1. The molecule has 1 aromatic heterocycles. The summed E-state index contributed by atoms with van der Waals surface area (Å²) in [6.07, 6.45) is 7.55. The summed E-state index contributed by atoms with van der Waals surface area (Å²) in [4.78, 5) is 4.11. The third kappa shape index (κ3) is 2.48. The Morgan fingerprint density at radius 2 is 1.75 bits per heavy atom. The fourth-order valence-electron chi connectivity index (χ4n) is 3.35. The van der Waals surface area contributed by atoms with Crippen molar-refractivity contribution < 1.29 is 0 Å². The first kappa shape index (κ1) is 13.3. The van der Waals surface area contributed by atoms with E-state index in [1.165, 1.54) is 30.4 Å². The minimum absolute atomic E-state index is 0.350. The smallest absolute Gasteiger partial charge is 0.0384 e. The van der Waals surface area contributed by atoms with E-state index in [0.717, 1.165) is 0 Å². The Bertz CT molecular complexity index is 577. The zero-order valence-electron chi connectivity index (χ0n) is 12.3. The molecule has 2 aromatic rings. The van der Waals surface area contributed by atoms with Gasteiger partial charge in [0.15, 0.2) is 0 Å². The molecule has 2 unspecified atom stereocenters. The number of fused-ring (bicyclic) bond motifs is 1. The molecule has 1 aromatic carbocycles. The van der Waals surface area contributed by atoms with E-state index in [4.69, 9.17) is 0 Å². The van der Waals surface area contributed by atoms with Crippen LogP contribution in [0.1, 0.15) is 47.6 Å². The lowest BCUT2D eigenvalue weighted by atomic mass is 9.88. The zero-order valence-corrected chi connectivity index (χ0v) is 12.3. The molecule has 20 heavy (non-hydrogen) atoms. The number of hydrogen-bond acceptors (Lipinski definition) is 2. The monoisotopic (exact) mass is 266 g/mol. The first-order chi connectivity index (χ1) is 9.79. The zero-order chi connectivity index (χ0) is 13.9. The summed E-state index contributed by atoms with van der Waals surface area (Å²) in [5, 5.41) is 3.49. The van der Waals surface area contributed by atoms with Crippen molar-refractivity contribution in [3.8, 4) is 0 Å². The van der Waals surface area contributed by atoms with E-state index in [1.54, 1.807) is 11.1 Å². The van der Waals surface area contributed by atoms with E-state index < -0.39 is 0 Å². The van der Waals surface area contributed by atoms with E-state index in [1.807, 2.05) is 12.4 Å². The molecule has 0 amide bonds. The number of rotatable bonds is 4. The molecule has 0 spiro atoms. The fourth-order valence-corrected chi connectivity index (χ4v) is 3.35. The lowest BCUT2D eigenvalue weighted by Crippen LogP contribution is -2.22. The quantitative estimate of drug-likeness (QED) is 0.914. The van der Waals surface area contributed by atoms with Gasteiger partial charge in [-0.1, -0.05) is 25.1 Å². The van der Waals surface area contributed by atoms with Gasteiger partial charge in [-0.15, -0.1) is 0 Å². The first-order valence-corrected chi connectivity index (χ1v) is 7.48. The van der Waals surface area contributed by atoms with Crippen LogP contribution in [0.4, 0.5) is 0 Å². The molecular weight excluding hydrogens is 244 g/mol. The highest BCUT2D eigenvalue weighted by atomic mass is 14.9. The Morgan fingerprint density at radius 3 is 2.50 bits per heavy atom. The maximum atomic E-state index is 4.11. The van der Waals surface area contributed by atoms with Gasteiger partial charge >= 0.3 is 0 Å². The number of hydrogen-bond donors (Lipinski definition) is 1. The second kappa shape index (κ2) is 5.76. The SMILES string of the molecule is CNC(c1ccc2c(c1)CCC2)C(C)c1ccncc1. The van der Waals surface area contributed by atoms with Crippen molar-refractivity contribution in [3.63, 3.8) is 0 Å². The number of likely N-dealkylation sites (N-methyl/N-ethyl adjacent to an activating group) is 1. The molecule has 2 nitrogen and oxygen atoms in total. The van der Waals surface area contributed by atoms with Crippen LogP contribution < -0.4 is 5.32 Å². The van der Waals surface area contributed by atoms with Gasteiger partial charge in [0.05, 0.1) is 0 Å². The second-order valence-electron chi connectivity index (χ2n) is 5.72. The van der Waals surface area contributed by atoms with Crippen LogP contribution in [-0.2, 0) is 12.8 Å². The topological polar surface area (TPSA) is 24.9 Å². The average molecular weight is 266 g/mol. The third-order valence-corrected chi connectivity index (χ3v) is 4.52. The summed E-state index contributed by atoms with van der Waals surface area (Å²) in [7, 11) is 2.05. The number of nitrogens with zero attached hydrogens (tertiary/aromatic N) is 1. The minimum atomic E-state index is 0.350. The number of aryl methyl sites for hydroxylation is 2. The summed E-state index contributed by atoms with van der Waals surface area (Å²) in [5.41, 5.74) is 5.82. The maximum absolute atomic E-state index is 4.11. The molecule has 1 aliphatic rings. The Labute approximate surface area is 121 Å². The summed E-state index contributed by atoms with van der Waals surface area (Å²) in [6.45, 7) is 2.28. The van der Waals surface area contributed by atoms with E-state index in [9.17, 15) is 0 Å². The molecule has 2 heteroatoms. The average Bonchev–Trinajstić information content (AvgIpc) is 2.96. The summed E-state index contributed by atoms with van der Waals surface area (Å²) >= 11 is 0. The van der Waals surface area contributed by atoms with Crippen molar-refractivity contribution in [2.45, 2.75) is 38.1 Å². The number of pyridine rings is 1. The van der Waals surface area contributed by atoms with Gasteiger partial charge < -0.3 is 5.32 Å². The van der Waals surface area contributed by atoms with Crippen molar-refractivity contribution in [2.75, 3.05) is 7.05 Å². The maximum Gasteiger partial charge on any atom is 0.0384 e. The fraction of sp³-hybridized carbons (Fsp3) is 0.389. The van der Waals surface area contributed by atoms with Crippen LogP contribution in [-0.4, -0.2) is 12.0 Å². The molecule has 1 N–H and O–H groups in total. The van der Waals surface area contributed by atoms with Crippen molar-refractivity contribution in [3.05, 3.63) is 65.0 Å². The molecule has 0 saturated carbocycles. The van der Waals surface area contributed by atoms with E-state index in [-0.39, 0.29) is 0 Å². The van der Waals surface area contributed by atoms with Crippen LogP contribution in [0.15, 0.2) is 42.7 Å². The molecule has 1 aliphatic carbocycles. The van der Waals surface area contributed by atoms with Crippen LogP contribution in [0.25, 0.3) is 0 Å².